The monoisotopic (exact) mass is 281 g/mol. The Labute approximate surface area is 124 Å². The second-order valence-electron chi connectivity index (χ2n) is 7.73. The highest BCUT2D eigenvalue weighted by Crippen LogP contribution is 2.56. The molecule has 1 saturated carbocycles. The van der Waals surface area contributed by atoms with Crippen LogP contribution in [0.4, 0.5) is 4.79 Å². The van der Waals surface area contributed by atoms with Crippen LogP contribution in [0.2, 0.25) is 0 Å². The highest BCUT2D eigenvalue weighted by atomic mass is 16.6. The van der Waals surface area contributed by atoms with Crippen LogP contribution in [-0.2, 0) is 4.74 Å². The number of carbonyl (C=O) groups is 1. The standard InChI is InChI=1S/C17H31NO2/c1-6-9-13(7-2)14-17(10-8-11-17)12-18(14)15(19)20-16(3,4)5/h13-14H,6-12H2,1-5H3. The van der Waals surface area contributed by atoms with Gasteiger partial charge in [0.2, 0.25) is 0 Å². The number of hydrogen-bond donors (Lipinski definition) is 0. The average molecular weight is 281 g/mol. The molecule has 0 aromatic rings. The summed E-state index contributed by atoms with van der Waals surface area (Å²) in [4.78, 5) is 14.4. The van der Waals surface area contributed by atoms with Crippen molar-refractivity contribution in [2.75, 3.05) is 6.54 Å². The Morgan fingerprint density at radius 3 is 2.40 bits per heavy atom. The molecule has 0 aromatic carbocycles. The van der Waals surface area contributed by atoms with Crippen LogP contribution in [0, 0.1) is 11.3 Å². The van der Waals surface area contributed by atoms with E-state index >= 15 is 0 Å². The van der Waals surface area contributed by atoms with E-state index in [0.717, 1.165) is 6.54 Å². The quantitative estimate of drug-likeness (QED) is 0.753. The number of hydrogen-bond acceptors (Lipinski definition) is 2. The fraction of sp³-hybridized carbons (Fsp3) is 0.941. The van der Waals surface area contributed by atoms with Crippen molar-refractivity contribution in [3.63, 3.8) is 0 Å². The summed E-state index contributed by atoms with van der Waals surface area (Å²) in [7, 11) is 0. The zero-order valence-corrected chi connectivity index (χ0v) is 13.9. The minimum Gasteiger partial charge on any atom is -0.444 e. The van der Waals surface area contributed by atoms with Gasteiger partial charge in [0.05, 0.1) is 0 Å². The molecule has 2 rings (SSSR count). The SMILES string of the molecule is CCCC(CC)C1N(C(=O)OC(C)(C)C)CC12CCC2. The number of likely N-dealkylation sites (tertiary alicyclic amines) is 1. The fourth-order valence-corrected chi connectivity index (χ4v) is 4.04. The molecule has 116 valence electrons. The van der Waals surface area contributed by atoms with Crippen LogP contribution in [0.25, 0.3) is 0 Å². The molecule has 1 aliphatic heterocycles. The average Bonchev–Trinajstić information content (AvgIpc) is 2.22. The third-order valence-electron chi connectivity index (χ3n) is 5.06. The van der Waals surface area contributed by atoms with Crippen molar-refractivity contribution in [3.8, 4) is 0 Å². The number of rotatable bonds is 4. The van der Waals surface area contributed by atoms with Gasteiger partial charge in [0.15, 0.2) is 0 Å². The van der Waals surface area contributed by atoms with E-state index in [9.17, 15) is 4.79 Å². The molecule has 2 atom stereocenters. The van der Waals surface area contributed by atoms with Gasteiger partial charge >= 0.3 is 6.09 Å². The Bertz CT molecular complexity index is 354. The zero-order valence-electron chi connectivity index (χ0n) is 13.9. The Balaban J connectivity index is 2.07. The second-order valence-corrected chi connectivity index (χ2v) is 7.73. The lowest BCUT2D eigenvalue weighted by Gasteiger charge is -2.64. The minimum atomic E-state index is -0.392. The lowest BCUT2D eigenvalue weighted by molar-refractivity contribution is -0.144. The fourth-order valence-electron chi connectivity index (χ4n) is 4.04. The number of carbonyl (C=O) groups excluding carboxylic acids is 1. The summed E-state index contributed by atoms with van der Waals surface area (Å²) in [5.74, 6) is 0.640. The predicted molar refractivity (Wildman–Crippen MR) is 81.7 cm³/mol. The van der Waals surface area contributed by atoms with Gasteiger partial charge in [-0.2, -0.15) is 0 Å². The van der Waals surface area contributed by atoms with E-state index in [1.165, 1.54) is 38.5 Å². The molecule has 0 N–H and O–H groups in total. The molecule has 1 spiro atoms. The third-order valence-corrected chi connectivity index (χ3v) is 5.06. The van der Waals surface area contributed by atoms with E-state index in [4.69, 9.17) is 4.74 Å². The van der Waals surface area contributed by atoms with Gasteiger partial charge in [-0.3, -0.25) is 0 Å². The molecule has 0 aromatic heterocycles. The largest absolute Gasteiger partial charge is 0.444 e. The number of amides is 1. The summed E-state index contributed by atoms with van der Waals surface area (Å²) in [6, 6.07) is 0.427. The van der Waals surface area contributed by atoms with Gasteiger partial charge in [-0.1, -0.05) is 33.1 Å². The van der Waals surface area contributed by atoms with Crippen LogP contribution in [-0.4, -0.2) is 29.2 Å². The van der Waals surface area contributed by atoms with E-state index in [-0.39, 0.29) is 6.09 Å². The van der Waals surface area contributed by atoms with Crippen molar-refractivity contribution < 1.29 is 9.53 Å². The van der Waals surface area contributed by atoms with Crippen LogP contribution in [0.3, 0.4) is 0 Å². The van der Waals surface area contributed by atoms with Crippen molar-refractivity contribution in [3.05, 3.63) is 0 Å². The second kappa shape index (κ2) is 5.57. The van der Waals surface area contributed by atoms with E-state index in [1.807, 2.05) is 25.7 Å². The Morgan fingerprint density at radius 1 is 1.35 bits per heavy atom. The predicted octanol–water partition coefficient (Wildman–Crippen LogP) is 4.60. The van der Waals surface area contributed by atoms with E-state index < -0.39 is 5.60 Å². The first kappa shape index (κ1) is 15.7. The molecule has 1 aliphatic carbocycles. The van der Waals surface area contributed by atoms with Gasteiger partial charge in [-0.25, -0.2) is 4.79 Å². The maximum absolute atomic E-state index is 12.4. The van der Waals surface area contributed by atoms with E-state index in [2.05, 4.69) is 13.8 Å². The normalized spacial score (nSPS) is 25.9. The topological polar surface area (TPSA) is 29.5 Å². The van der Waals surface area contributed by atoms with Crippen LogP contribution in [0.5, 0.6) is 0 Å². The van der Waals surface area contributed by atoms with Crippen LogP contribution in [0.15, 0.2) is 0 Å². The van der Waals surface area contributed by atoms with Gasteiger partial charge in [0.25, 0.3) is 0 Å². The molecule has 0 radical (unpaired) electrons. The zero-order chi connectivity index (χ0) is 15.0. The summed E-state index contributed by atoms with van der Waals surface area (Å²) in [6.45, 7) is 11.3. The van der Waals surface area contributed by atoms with Crippen LogP contribution >= 0.6 is 0 Å². The van der Waals surface area contributed by atoms with Gasteiger partial charge in [0, 0.05) is 18.0 Å². The summed E-state index contributed by atoms with van der Waals surface area (Å²) in [5, 5.41) is 0. The maximum atomic E-state index is 12.4. The molecule has 20 heavy (non-hydrogen) atoms. The van der Waals surface area contributed by atoms with Crippen LogP contribution in [0.1, 0.15) is 73.1 Å². The molecule has 3 nitrogen and oxygen atoms in total. The molecule has 0 bridgehead atoms. The first-order chi connectivity index (χ1) is 9.33. The van der Waals surface area contributed by atoms with Gasteiger partial charge < -0.3 is 9.64 Å². The van der Waals surface area contributed by atoms with Gasteiger partial charge in [0.1, 0.15) is 5.60 Å². The molecule has 1 heterocycles. The van der Waals surface area contributed by atoms with Gasteiger partial charge in [-0.05, 0) is 46.0 Å². The lowest BCUT2D eigenvalue weighted by Crippen LogP contribution is -2.71. The summed E-state index contributed by atoms with van der Waals surface area (Å²) in [6.07, 6.45) is 7.43. The molecule has 2 unspecified atom stereocenters. The lowest BCUT2D eigenvalue weighted by atomic mass is 9.54. The summed E-state index contributed by atoms with van der Waals surface area (Å²) in [5.41, 5.74) is 0.0449. The van der Waals surface area contributed by atoms with Crippen molar-refractivity contribution >= 4 is 6.09 Å². The van der Waals surface area contributed by atoms with E-state index in [1.54, 1.807) is 0 Å². The Kier molecular flexibility index (Phi) is 4.36. The summed E-state index contributed by atoms with van der Waals surface area (Å²) >= 11 is 0. The molecule has 3 heteroatoms. The van der Waals surface area contributed by atoms with Gasteiger partial charge in [-0.15, -0.1) is 0 Å². The third kappa shape index (κ3) is 2.82. The Hall–Kier alpha value is -0.730. The molecular weight excluding hydrogens is 250 g/mol. The molecule has 1 amide bonds. The number of nitrogens with zero attached hydrogens (tertiary/aromatic N) is 1. The Morgan fingerprint density at radius 2 is 2.00 bits per heavy atom. The van der Waals surface area contributed by atoms with Crippen molar-refractivity contribution in [1.29, 1.82) is 0 Å². The first-order valence-corrected chi connectivity index (χ1v) is 8.32. The molecular formula is C17H31NO2. The van der Waals surface area contributed by atoms with Crippen molar-refractivity contribution in [2.24, 2.45) is 11.3 Å². The molecule has 2 fully saturated rings. The minimum absolute atomic E-state index is 0.102. The first-order valence-electron chi connectivity index (χ1n) is 8.32. The van der Waals surface area contributed by atoms with Crippen LogP contribution < -0.4 is 0 Å². The highest BCUT2D eigenvalue weighted by Gasteiger charge is 2.59. The van der Waals surface area contributed by atoms with Crippen molar-refractivity contribution in [1.82, 2.24) is 4.90 Å². The van der Waals surface area contributed by atoms with Crippen molar-refractivity contribution in [2.45, 2.75) is 84.8 Å². The molecule has 2 aliphatic rings. The van der Waals surface area contributed by atoms with E-state index in [0.29, 0.717) is 17.4 Å². The summed E-state index contributed by atoms with van der Waals surface area (Å²) < 4.78 is 5.59. The molecule has 1 saturated heterocycles. The smallest absolute Gasteiger partial charge is 0.410 e. The number of ether oxygens (including phenoxy) is 1. The maximum Gasteiger partial charge on any atom is 0.410 e. The highest BCUT2D eigenvalue weighted by molar-refractivity contribution is 5.70.